The Kier molecular flexibility index (Phi) is 5.12. The molecule has 0 spiro atoms. The van der Waals surface area contributed by atoms with Crippen LogP contribution in [0, 0.1) is 0 Å². The van der Waals surface area contributed by atoms with Crippen molar-refractivity contribution < 1.29 is 19.0 Å². The van der Waals surface area contributed by atoms with Gasteiger partial charge in [0, 0.05) is 29.7 Å². The highest BCUT2D eigenvalue weighted by atomic mass is 16.5. The highest BCUT2D eigenvalue weighted by molar-refractivity contribution is 5.94. The van der Waals surface area contributed by atoms with Crippen molar-refractivity contribution in [3.63, 3.8) is 0 Å². The molecule has 1 N–H and O–H groups in total. The van der Waals surface area contributed by atoms with Crippen molar-refractivity contribution in [2.24, 2.45) is 0 Å². The standard InChI is InChI=1S/C20H23NO4/c1-4-24-18-10-15-9-13(2)25-19(15)11-16(18)12-21-20(22)14-5-7-17(23-3)8-6-14/h5-8,10-11,13H,4,9,12H2,1-3H3,(H,21,22)/t13-/m1/s1. The second-order valence-corrected chi connectivity index (χ2v) is 6.04. The van der Waals surface area contributed by atoms with Gasteiger partial charge in [-0.05, 0) is 50.2 Å². The summed E-state index contributed by atoms with van der Waals surface area (Å²) in [6.45, 7) is 4.96. The Hall–Kier alpha value is -2.69. The third-order valence-electron chi connectivity index (χ3n) is 4.17. The molecule has 132 valence electrons. The van der Waals surface area contributed by atoms with Crippen molar-refractivity contribution in [1.82, 2.24) is 5.32 Å². The summed E-state index contributed by atoms with van der Waals surface area (Å²) in [4.78, 5) is 12.3. The smallest absolute Gasteiger partial charge is 0.251 e. The normalized spacial score (nSPS) is 15.2. The van der Waals surface area contributed by atoms with Crippen LogP contribution in [0.5, 0.6) is 17.2 Å². The molecule has 0 aromatic heterocycles. The fourth-order valence-corrected chi connectivity index (χ4v) is 2.93. The molecular weight excluding hydrogens is 318 g/mol. The molecule has 0 unspecified atom stereocenters. The lowest BCUT2D eigenvalue weighted by Crippen LogP contribution is -2.23. The van der Waals surface area contributed by atoms with E-state index in [-0.39, 0.29) is 12.0 Å². The van der Waals surface area contributed by atoms with E-state index in [2.05, 4.69) is 5.32 Å². The largest absolute Gasteiger partial charge is 0.497 e. The molecule has 5 nitrogen and oxygen atoms in total. The van der Waals surface area contributed by atoms with E-state index in [1.54, 1.807) is 31.4 Å². The van der Waals surface area contributed by atoms with Crippen LogP contribution >= 0.6 is 0 Å². The van der Waals surface area contributed by atoms with Gasteiger partial charge >= 0.3 is 0 Å². The number of ether oxygens (including phenoxy) is 3. The van der Waals surface area contributed by atoms with Crippen LogP contribution in [0.2, 0.25) is 0 Å². The van der Waals surface area contributed by atoms with Crippen molar-refractivity contribution in [3.05, 3.63) is 53.1 Å². The number of amides is 1. The molecule has 2 aromatic rings. The van der Waals surface area contributed by atoms with Gasteiger partial charge in [-0.25, -0.2) is 0 Å². The van der Waals surface area contributed by atoms with Gasteiger partial charge in [0.15, 0.2) is 0 Å². The number of fused-ring (bicyclic) bond motifs is 1. The number of benzene rings is 2. The summed E-state index contributed by atoms with van der Waals surface area (Å²) in [6.07, 6.45) is 1.06. The lowest BCUT2D eigenvalue weighted by atomic mass is 10.1. The molecule has 5 heteroatoms. The predicted octanol–water partition coefficient (Wildman–Crippen LogP) is 3.35. The van der Waals surface area contributed by atoms with E-state index in [0.717, 1.165) is 34.8 Å². The highest BCUT2D eigenvalue weighted by Gasteiger charge is 2.22. The molecule has 0 saturated heterocycles. The van der Waals surface area contributed by atoms with Gasteiger partial charge in [-0.2, -0.15) is 0 Å². The monoisotopic (exact) mass is 341 g/mol. The van der Waals surface area contributed by atoms with Crippen molar-refractivity contribution >= 4 is 5.91 Å². The van der Waals surface area contributed by atoms with Gasteiger partial charge in [0.05, 0.1) is 13.7 Å². The van der Waals surface area contributed by atoms with Gasteiger partial charge in [-0.15, -0.1) is 0 Å². The van der Waals surface area contributed by atoms with E-state index in [9.17, 15) is 4.79 Å². The Morgan fingerprint density at radius 1 is 1.28 bits per heavy atom. The van der Waals surface area contributed by atoms with Crippen LogP contribution in [0.4, 0.5) is 0 Å². The molecule has 0 bridgehead atoms. The highest BCUT2D eigenvalue weighted by Crippen LogP contribution is 2.35. The zero-order valence-corrected chi connectivity index (χ0v) is 14.8. The van der Waals surface area contributed by atoms with Crippen molar-refractivity contribution in [3.8, 4) is 17.2 Å². The first-order valence-corrected chi connectivity index (χ1v) is 8.48. The maximum absolute atomic E-state index is 12.3. The van der Waals surface area contributed by atoms with E-state index in [0.29, 0.717) is 18.7 Å². The molecule has 1 amide bonds. The minimum absolute atomic E-state index is 0.139. The molecule has 3 rings (SSSR count). The van der Waals surface area contributed by atoms with Crippen LogP contribution in [0.15, 0.2) is 36.4 Å². The van der Waals surface area contributed by atoms with E-state index >= 15 is 0 Å². The van der Waals surface area contributed by atoms with Crippen LogP contribution in [0.1, 0.15) is 35.3 Å². The van der Waals surface area contributed by atoms with Crippen LogP contribution in [0.3, 0.4) is 0 Å². The molecule has 1 aliphatic heterocycles. The van der Waals surface area contributed by atoms with Gasteiger partial charge in [0.2, 0.25) is 0 Å². The van der Waals surface area contributed by atoms with Crippen LogP contribution in [0.25, 0.3) is 0 Å². The summed E-state index contributed by atoms with van der Waals surface area (Å²) in [6, 6.07) is 11.0. The molecule has 0 fully saturated rings. The maximum Gasteiger partial charge on any atom is 0.251 e. The zero-order valence-electron chi connectivity index (χ0n) is 14.8. The van der Waals surface area contributed by atoms with Crippen LogP contribution in [-0.2, 0) is 13.0 Å². The Balaban J connectivity index is 1.73. The number of carbonyl (C=O) groups is 1. The van der Waals surface area contributed by atoms with Gasteiger partial charge in [0.25, 0.3) is 5.91 Å². The number of hydrogen-bond donors (Lipinski definition) is 1. The Bertz CT molecular complexity index is 755. The summed E-state index contributed by atoms with van der Waals surface area (Å²) in [5, 5.41) is 2.94. The molecule has 0 radical (unpaired) electrons. The van der Waals surface area contributed by atoms with Gasteiger partial charge < -0.3 is 19.5 Å². The minimum atomic E-state index is -0.139. The molecule has 1 aliphatic rings. The SMILES string of the molecule is CCOc1cc2c(cc1CNC(=O)c1ccc(OC)cc1)O[C@H](C)C2. The molecule has 2 aromatic carbocycles. The zero-order chi connectivity index (χ0) is 17.8. The van der Waals surface area contributed by atoms with Crippen LogP contribution < -0.4 is 19.5 Å². The summed E-state index contributed by atoms with van der Waals surface area (Å²) in [7, 11) is 1.60. The average molecular weight is 341 g/mol. The quantitative estimate of drug-likeness (QED) is 0.875. The predicted molar refractivity (Wildman–Crippen MR) is 95.6 cm³/mol. The lowest BCUT2D eigenvalue weighted by Gasteiger charge is -2.13. The van der Waals surface area contributed by atoms with Gasteiger partial charge in [-0.1, -0.05) is 0 Å². The third-order valence-corrected chi connectivity index (χ3v) is 4.17. The number of carbonyl (C=O) groups excluding carboxylic acids is 1. The molecule has 0 saturated carbocycles. The fourth-order valence-electron chi connectivity index (χ4n) is 2.93. The summed E-state index contributed by atoms with van der Waals surface area (Å²) >= 11 is 0. The second-order valence-electron chi connectivity index (χ2n) is 6.04. The first-order valence-electron chi connectivity index (χ1n) is 8.48. The molecular formula is C20H23NO4. The van der Waals surface area contributed by atoms with Crippen molar-refractivity contribution in [1.29, 1.82) is 0 Å². The molecule has 1 heterocycles. The van der Waals surface area contributed by atoms with E-state index in [4.69, 9.17) is 14.2 Å². The number of rotatable bonds is 6. The Morgan fingerprint density at radius 3 is 2.72 bits per heavy atom. The van der Waals surface area contributed by atoms with Crippen molar-refractivity contribution in [2.75, 3.05) is 13.7 Å². The first-order chi connectivity index (χ1) is 12.1. The van der Waals surface area contributed by atoms with Gasteiger partial charge in [0.1, 0.15) is 23.4 Å². The third kappa shape index (κ3) is 3.87. The first kappa shape index (κ1) is 17.1. The number of nitrogens with one attached hydrogen (secondary N) is 1. The molecule has 1 atom stereocenters. The summed E-state index contributed by atoms with van der Waals surface area (Å²) < 4.78 is 16.7. The Labute approximate surface area is 147 Å². The topological polar surface area (TPSA) is 56.8 Å². The molecule has 0 aliphatic carbocycles. The summed E-state index contributed by atoms with van der Waals surface area (Å²) in [5.41, 5.74) is 2.66. The second kappa shape index (κ2) is 7.47. The molecule has 25 heavy (non-hydrogen) atoms. The van der Waals surface area contributed by atoms with Gasteiger partial charge in [-0.3, -0.25) is 4.79 Å². The van der Waals surface area contributed by atoms with E-state index in [1.807, 2.05) is 26.0 Å². The number of methoxy groups -OCH3 is 1. The lowest BCUT2D eigenvalue weighted by molar-refractivity contribution is 0.0950. The summed E-state index contributed by atoms with van der Waals surface area (Å²) in [5.74, 6) is 2.26. The van der Waals surface area contributed by atoms with Crippen LogP contribution in [-0.4, -0.2) is 25.7 Å². The number of hydrogen-bond acceptors (Lipinski definition) is 4. The fraction of sp³-hybridized carbons (Fsp3) is 0.350. The Morgan fingerprint density at radius 2 is 2.04 bits per heavy atom. The average Bonchev–Trinajstić information content (AvgIpc) is 2.98. The minimum Gasteiger partial charge on any atom is -0.497 e. The van der Waals surface area contributed by atoms with E-state index < -0.39 is 0 Å². The maximum atomic E-state index is 12.3. The van der Waals surface area contributed by atoms with E-state index in [1.165, 1.54) is 0 Å². The van der Waals surface area contributed by atoms with Crippen molar-refractivity contribution in [2.45, 2.75) is 32.9 Å².